The van der Waals surface area contributed by atoms with Gasteiger partial charge in [0.2, 0.25) is 0 Å². The molecule has 0 N–H and O–H groups in total. The van der Waals surface area contributed by atoms with Crippen LogP contribution in [-0.4, -0.2) is 61.0 Å². The molecule has 20 heavy (non-hydrogen) atoms. The summed E-state index contributed by atoms with van der Waals surface area (Å²) in [6.07, 6.45) is -0.229. The van der Waals surface area contributed by atoms with Gasteiger partial charge in [0.15, 0.2) is 0 Å². The number of ketones is 2. The molecule has 7 nitrogen and oxygen atoms in total. The number of carbonyl (C=O) groups is 4. The summed E-state index contributed by atoms with van der Waals surface area (Å²) >= 11 is 0.890. The molecule has 0 aliphatic heterocycles. The lowest BCUT2D eigenvalue weighted by atomic mass is 10.3. The number of esters is 2. The van der Waals surface area contributed by atoms with E-state index in [0.717, 1.165) is 23.2 Å². The minimum atomic E-state index is -0.475. The van der Waals surface area contributed by atoms with Gasteiger partial charge in [-0.25, -0.2) is 0 Å². The van der Waals surface area contributed by atoms with Crippen LogP contribution in [0.15, 0.2) is 0 Å². The van der Waals surface area contributed by atoms with Gasteiger partial charge < -0.3 is 13.3 Å². The molecule has 0 aromatic carbocycles. The summed E-state index contributed by atoms with van der Waals surface area (Å²) in [5, 5.41) is 0. The molecule has 0 saturated carbocycles. The maximum absolute atomic E-state index is 10.2. The van der Waals surface area contributed by atoms with Gasteiger partial charge in [0.25, 0.3) is 0 Å². The topological polar surface area (TPSA) is 96.0 Å². The Balaban J connectivity index is -0.000000230. The van der Waals surface area contributed by atoms with Crippen LogP contribution in [0, 0.1) is 0 Å². The lowest BCUT2D eigenvalue weighted by Gasteiger charge is -1.90. The molecule has 0 spiro atoms. The first-order chi connectivity index (χ1) is 9.24. The Labute approximate surface area is 127 Å². The van der Waals surface area contributed by atoms with Crippen LogP contribution in [0.1, 0.15) is 33.6 Å². The van der Waals surface area contributed by atoms with Crippen LogP contribution in [0.5, 0.6) is 0 Å². The highest BCUT2D eigenvalue weighted by Crippen LogP contribution is 1.83. The number of hydrogen-bond donors (Lipinski definition) is 0. The maximum Gasteiger partial charge on any atom is 0.410 e. The van der Waals surface area contributed by atoms with Crippen molar-refractivity contribution < 1.29 is 32.4 Å². The van der Waals surface area contributed by atoms with Crippen LogP contribution in [0.3, 0.4) is 0 Å². The van der Waals surface area contributed by atoms with E-state index >= 15 is 0 Å². The van der Waals surface area contributed by atoms with Crippen LogP contribution in [-0.2, 0) is 32.4 Å². The van der Waals surface area contributed by atoms with E-state index in [-0.39, 0.29) is 24.4 Å². The fraction of sp³-hybridized carbons (Fsp3) is 0.667. The molecule has 0 rings (SSSR count). The van der Waals surface area contributed by atoms with Gasteiger partial charge in [-0.3, -0.25) is 19.2 Å². The fourth-order valence-corrected chi connectivity index (χ4v) is 0.551. The van der Waals surface area contributed by atoms with E-state index < -0.39 is 11.9 Å². The standard InChI is InChI=1S/2C5H8O3.C2H5O.Al.2H/c2*1-4(6)3-5(7)8-2;1-2-3;;;/h2*3H2,1-2H3;2H2,1H3;;;/q;;-1;+1;;. The highest BCUT2D eigenvalue weighted by atomic mass is 27.1. The zero-order chi connectivity index (χ0) is 16.6. The molecule has 0 aromatic heterocycles. The second kappa shape index (κ2) is 17.8. The van der Waals surface area contributed by atoms with E-state index in [1.807, 2.05) is 6.92 Å². The minimum absolute atomic E-state index is 0.115. The van der Waals surface area contributed by atoms with Crippen molar-refractivity contribution in [3.63, 3.8) is 0 Å². The van der Waals surface area contributed by atoms with Gasteiger partial charge in [0, 0.05) is 6.61 Å². The molecular formula is C12H23AlO7. The third-order valence-electron chi connectivity index (χ3n) is 1.53. The lowest BCUT2D eigenvalue weighted by molar-refractivity contribution is -0.144. The van der Waals surface area contributed by atoms with Crippen molar-refractivity contribution in [2.75, 3.05) is 20.8 Å². The molecule has 0 aromatic rings. The Bertz CT molecular complexity index is 272. The van der Waals surface area contributed by atoms with Gasteiger partial charge in [0.1, 0.15) is 24.4 Å². The Hall–Kier alpha value is -1.23. The van der Waals surface area contributed by atoms with Crippen LogP contribution in [0.4, 0.5) is 0 Å². The average molecular weight is 306 g/mol. The second-order valence-electron chi connectivity index (χ2n) is 3.49. The van der Waals surface area contributed by atoms with Crippen molar-refractivity contribution in [3.05, 3.63) is 0 Å². The summed E-state index contributed by atoms with van der Waals surface area (Å²) in [4.78, 5) is 40.6. The summed E-state index contributed by atoms with van der Waals surface area (Å²) < 4.78 is 13.1. The second-order valence-corrected chi connectivity index (χ2v) is 4.06. The largest absolute Gasteiger partial charge is 0.506 e. The zero-order valence-corrected chi connectivity index (χ0v) is 15.0. The molecule has 0 radical (unpaired) electrons. The van der Waals surface area contributed by atoms with Gasteiger partial charge in [-0.1, -0.05) is 0 Å². The smallest absolute Gasteiger partial charge is 0.410 e. The van der Waals surface area contributed by atoms with E-state index in [1.165, 1.54) is 28.1 Å². The number of Topliss-reactive ketones (excluding diaryl/α,β-unsaturated/α-hetero) is 2. The molecule has 0 bridgehead atoms. The SMILES string of the molecule is CC[O][AlH2].COC(=O)CC(C)=O.COC(=O)CC(C)=O. The minimum Gasteiger partial charge on any atom is -0.506 e. The van der Waals surface area contributed by atoms with Crippen molar-refractivity contribution in [1.82, 2.24) is 0 Å². The molecule has 8 heteroatoms. The van der Waals surface area contributed by atoms with Gasteiger partial charge in [0.05, 0.1) is 14.2 Å². The van der Waals surface area contributed by atoms with E-state index in [2.05, 4.69) is 13.3 Å². The van der Waals surface area contributed by atoms with Gasteiger partial charge >= 0.3 is 28.6 Å². The normalized spacial score (nSPS) is 8.05. The van der Waals surface area contributed by atoms with Crippen LogP contribution < -0.4 is 0 Å². The number of ether oxygens (including phenoxy) is 2. The Morgan fingerprint density at radius 3 is 1.15 bits per heavy atom. The lowest BCUT2D eigenvalue weighted by Crippen LogP contribution is -2.05. The first-order valence-electron chi connectivity index (χ1n) is 5.86. The van der Waals surface area contributed by atoms with Gasteiger partial charge in [-0.05, 0) is 20.8 Å². The molecule has 116 valence electrons. The van der Waals surface area contributed by atoms with E-state index in [4.69, 9.17) is 0 Å². The zero-order valence-electron chi connectivity index (χ0n) is 13.0. The van der Waals surface area contributed by atoms with Crippen molar-refractivity contribution in [1.29, 1.82) is 0 Å². The molecule has 0 heterocycles. The number of hydrogen-bond acceptors (Lipinski definition) is 7. The third-order valence-corrected chi connectivity index (χ3v) is 2.11. The highest BCUT2D eigenvalue weighted by Gasteiger charge is 2.02. The average Bonchev–Trinajstić information content (AvgIpc) is 2.38. The van der Waals surface area contributed by atoms with Crippen molar-refractivity contribution >= 4 is 40.1 Å². The van der Waals surface area contributed by atoms with Crippen molar-refractivity contribution in [2.24, 2.45) is 0 Å². The summed E-state index contributed by atoms with van der Waals surface area (Å²) in [5.41, 5.74) is 0. The Kier molecular flexibility index (Phi) is 21.2. The molecule has 0 unspecified atom stereocenters. The molecular weight excluding hydrogens is 283 g/mol. The van der Waals surface area contributed by atoms with E-state index in [0.29, 0.717) is 0 Å². The van der Waals surface area contributed by atoms with E-state index in [9.17, 15) is 19.2 Å². The number of methoxy groups -OCH3 is 2. The van der Waals surface area contributed by atoms with E-state index in [1.54, 1.807) is 0 Å². The van der Waals surface area contributed by atoms with Crippen LogP contribution in [0.25, 0.3) is 0 Å². The quantitative estimate of drug-likeness (QED) is 0.396. The Morgan fingerprint density at radius 2 is 1.10 bits per heavy atom. The van der Waals surface area contributed by atoms with Gasteiger partial charge in [-0.2, -0.15) is 0 Å². The van der Waals surface area contributed by atoms with Gasteiger partial charge in [-0.15, -0.1) is 0 Å². The monoisotopic (exact) mass is 306 g/mol. The van der Waals surface area contributed by atoms with Crippen LogP contribution >= 0.6 is 0 Å². The highest BCUT2D eigenvalue weighted by molar-refractivity contribution is 5.97. The first-order valence-corrected chi connectivity index (χ1v) is 6.68. The van der Waals surface area contributed by atoms with Crippen molar-refractivity contribution in [3.8, 4) is 0 Å². The first kappa shape index (κ1) is 23.8. The molecule has 0 aliphatic carbocycles. The van der Waals surface area contributed by atoms with Crippen LogP contribution in [0.2, 0.25) is 0 Å². The molecule has 0 atom stereocenters. The summed E-state index contributed by atoms with van der Waals surface area (Å²) in [6.45, 7) is 5.56. The predicted molar refractivity (Wildman–Crippen MR) is 74.8 cm³/mol. The predicted octanol–water partition coefficient (Wildman–Crippen LogP) is -0.152. The maximum atomic E-state index is 10.2. The summed E-state index contributed by atoms with van der Waals surface area (Å²) in [5.74, 6) is -1.29. The number of rotatable bonds is 5. The number of carbonyl (C=O) groups excluding carboxylic acids is 4. The molecule has 0 aliphatic rings. The summed E-state index contributed by atoms with van der Waals surface area (Å²) in [7, 11) is 2.51. The molecule has 0 saturated heterocycles. The summed E-state index contributed by atoms with van der Waals surface area (Å²) in [6, 6.07) is 0. The molecule has 0 fully saturated rings. The fourth-order valence-electron chi connectivity index (χ4n) is 0.551. The Morgan fingerprint density at radius 1 is 0.850 bits per heavy atom. The van der Waals surface area contributed by atoms with Crippen molar-refractivity contribution in [2.45, 2.75) is 33.6 Å². The molecule has 0 amide bonds. The third kappa shape index (κ3) is 30.1.